The first-order valence-electron chi connectivity index (χ1n) is 9.71. The molecule has 2 aromatic heterocycles. The molecule has 0 bridgehead atoms. The average Bonchev–Trinajstić information content (AvgIpc) is 3.31. The van der Waals surface area contributed by atoms with E-state index in [4.69, 9.17) is 4.74 Å². The van der Waals surface area contributed by atoms with E-state index >= 15 is 0 Å². The summed E-state index contributed by atoms with van der Waals surface area (Å²) in [7, 11) is -3.51. The SMILES string of the molecule is O=c1c2ccccc2[nH]c2ccc(Oc3ccc(S(=O)(=O)N4CCCC4)cn3)cc12. The van der Waals surface area contributed by atoms with Crippen LogP contribution in [0.3, 0.4) is 0 Å². The van der Waals surface area contributed by atoms with Crippen LogP contribution < -0.4 is 10.2 Å². The van der Waals surface area contributed by atoms with E-state index in [1.165, 1.54) is 22.6 Å². The van der Waals surface area contributed by atoms with Crippen LogP contribution in [-0.4, -0.2) is 35.8 Å². The number of aromatic amines is 1. The number of H-pyrrole nitrogens is 1. The van der Waals surface area contributed by atoms with E-state index in [9.17, 15) is 13.2 Å². The maximum absolute atomic E-state index is 12.8. The molecule has 1 fully saturated rings. The van der Waals surface area contributed by atoms with Crippen LogP contribution in [0.1, 0.15) is 12.8 Å². The topological polar surface area (TPSA) is 92.4 Å². The van der Waals surface area contributed by atoms with Crippen LogP contribution in [0.2, 0.25) is 0 Å². The first-order chi connectivity index (χ1) is 14.5. The lowest BCUT2D eigenvalue weighted by molar-refractivity contribution is 0.460. The molecule has 0 radical (unpaired) electrons. The molecule has 1 aliphatic rings. The van der Waals surface area contributed by atoms with Gasteiger partial charge in [-0.3, -0.25) is 4.79 Å². The normalized spacial score (nSPS) is 15.1. The van der Waals surface area contributed by atoms with Crippen molar-refractivity contribution >= 4 is 31.8 Å². The number of nitrogens with zero attached hydrogens (tertiary/aromatic N) is 2. The van der Waals surface area contributed by atoms with Crippen molar-refractivity contribution in [1.82, 2.24) is 14.3 Å². The van der Waals surface area contributed by atoms with Gasteiger partial charge in [-0.1, -0.05) is 12.1 Å². The van der Waals surface area contributed by atoms with Crippen molar-refractivity contribution in [1.29, 1.82) is 0 Å². The number of nitrogens with one attached hydrogen (secondary N) is 1. The minimum atomic E-state index is -3.51. The molecule has 0 saturated carbocycles. The Balaban J connectivity index is 1.45. The van der Waals surface area contributed by atoms with Crippen LogP contribution in [0.5, 0.6) is 11.6 Å². The smallest absolute Gasteiger partial charge is 0.244 e. The number of para-hydroxylation sites is 1. The van der Waals surface area contributed by atoms with Gasteiger partial charge in [0.05, 0.1) is 11.7 Å². The molecule has 0 aliphatic carbocycles. The van der Waals surface area contributed by atoms with Crippen molar-refractivity contribution in [3.05, 3.63) is 71.0 Å². The molecule has 0 spiro atoms. The van der Waals surface area contributed by atoms with Crippen molar-refractivity contribution in [3.63, 3.8) is 0 Å². The lowest BCUT2D eigenvalue weighted by Crippen LogP contribution is -2.27. The molecule has 3 heterocycles. The molecule has 0 atom stereocenters. The van der Waals surface area contributed by atoms with Crippen molar-refractivity contribution in [3.8, 4) is 11.6 Å². The Kier molecular flexibility index (Phi) is 4.52. The minimum absolute atomic E-state index is 0.0789. The number of ether oxygens (including phenoxy) is 1. The highest BCUT2D eigenvalue weighted by molar-refractivity contribution is 7.89. The fourth-order valence-corrected chi connectivity index (χ4v) is 5.20. The quantitative estimate of drug-likeness (QED) is 0.508. The number of pyridine rings is 2. The molecule has 152 valence electrons. The Morgan fingerprint density at radius 1 is 0.933 bits per heavy atom. The van der Waals surface area contributed by atoms with Gasteiger partial charge in [-0.25, -0.2) is 13.4 Å². The number of rotatable bonds is 4. The summed E-state index contributed by atoms with van der Waals surface area (Å²) in [5, 5.41) is 1.12. The monoisotopic (exact) mass is 421 g/mol. The van der Waals surface area contributed by atoms with Crippen molar-refractivity contribution in [2.75, 3.05) is 13.1 Å². The zero-order valence-electron chi connectivity index (χ0n) is 16.0. The second-order valence-electron chi connectivity index (χ2n) is 7.25. The lowest BCUT2D eigenvalue weighted by atomic mass is 10.1. The number of hydrogen-bond acceptors (Lipinski definition) is 5. The second kappa shape index (κ2) is 7.23. The van der Waals surface area contributed by atoms with Crippen LogP contribution in [0.4, 0.5) is 0 Å². The number of sulfonamides is 1. The van der Waals surface area contributed by atoms with Crippen molar-refractivity contribution in [2.24, 2.45) is 0 Å². The summed E-state index contributed by atoms with van der Waals surface area (Å²) >= 11 is 0. The van der Waals surface area contributed by atoms with Gasteiger partial charge in [0.15, 0.2) is 5.43 Å². The van der Waals surface area contributed by atoms with Gasteiger partial charge in [-0.15, -0.1) is 0 Å². The predicted molar refractivity (Wildman–Crippen MR) is 114 cm³/mol. The summed E-state index contributed by atoms with van der Waals surface area (Å²) in [5.74, 6) is 0.706. The average molecular weight is 421 g/mol. The minimum Gasteiger partial charge on any atom is -0.439 e. The molecular weight excluding hydrogens is 402 g/mol. The van der Waals surface area contributed by atoms with E-state index in [1.54, 1.807) is 24.3 Å². The molecule has 0 amide bonds. The highest BCUT2D eigenvalue weighted by Gasteiger charge is 2.27. The maximum atomic E-state index is 12.8. The van der Waals surface area contributed by atoms with Gasteiger partial charge in [0.2, 0.25) is 15.9 Å². The Bertz CT molecular complexity index is 1410. The standard InChI is InChI=1S/C22H19N3O4S/c26-22-17-5-1-2-6-19(17)24-20-9-7-15(13-18(20)22)29-21-10-8-16(14-23-21)30(27,28)25-11-3-4-12-25/h1-2,5-10,13-14H,3-4,11-12H2,(H,24,26). The summed E-state index contributed by atoms with van der Waals surface area (Å²) in [6, 6.07) is 15.6. The van der Waals surface area contributed by atoms with Gasteiger partial charge in [0.1, 0.15) is 10.6 Å². The zero-order valence-corrected chi connectivity index (χ0v) is 16.9. The van der Waals surface area contributed by atoms with Gasteiger partial charge in [0, 0.05) is 35.4 Å². The van der Waals surface area contributed by atoms with Gasteiger partial charge in [0.25, 0.3) is 0 Å². The molecule has 2 aromatic carbocycles. The Morgan fingerprint density at radius 3 is 2.47 bits per heavy atom. The molecule has 1 N–H and O–H groups in total. The Morgan fingerprint density at radius 2 is 1.70 bits per heavy atom. The zero-order chi connectivity index (χ0) is 20.7. The third-order valence-electron chi connectivity index (χ3n) is 5.31. The fourth-order valence-electron chi connectivity index (χ4n) is 3.74. The Hall–Kier alpha value is -3.23. The number of hydrogen-bond donors (Lipinski definition) is 1. The third-order valence-corrected chi connectivity index (χ3v) is 7.19. The largest absolute Gasteiger partial charge is 0.439 e. The van der Waals surface area contributed by atoms with E-state index in [1.807, 2.05) is 18.2 Å². The summed E-state index contributed by atoms with van der Waals surface area (Å²) in [5.41, 5.74) is 1.41. The molecule has 4 aromatic rings. The van der Waals surface area contributed by atoms with E-state index < -0.39 is 10.0 Å². The van der Waals surface area contributed by atoms with Gasteiger partial charge in [-0.05, 0) is 49.2 Å². The van der Waals surface area contributed by atoms with Crippen LogP contribution in [-0.2, 0) is 10.0 Å². The van der Waals surface area contributed by atoms with E-state index in [0.29, 0.717) is 35.1 Å². The van der Waals surface area contributed by atoms with Gasteiger partial charge >= 0.3 is 0 Å². The van der Waals surface area contributed by atoms with Crippen molar-refractivity contribution < 1.29 is 13.2 Å². The first-order valence-corrected chi connectivity index (χ1v) is 11.2. The molecule has 30 heavy (non-hydrogen) atoms. The fraction of sp³-hybridized carbons (Fsp3) is 0.182. The van der Waals surface area contributed by atoms with Crippen LogP contribution in [0.25, 0.3) is 21.8 Å². The number of benzene rings is 2. The van der Waals surface area contributed by atoms with Crippen LogP contribution in [0, 0.1) is 0 Å². The van der Waals surface area contributed by atoms with Crippen LogP contribution >= 0.6 is 0 Å². The summed E-state index contributed by atoms with van der Waals surface area (Å²) < 4.78 is 32.5. The van der Waals surface area contributed by atoms with E-state index in [2.05, 4.69) is 9.97 Å². The van der Waals surface area contributed by atoms with E-state index in [-0.39, 0.29) is 16.2 Å². The molecule has 7 nitrogen and oxygen atoms in total. The maximum Gasteiger partial charge on any atom is 0.244 e. The molecule has 1 saturated heterocycles. The van der Waals surface area contributed by atoms with Gasteiger partial charge < -0.3 is 9.72 Å². The lowest BCUT2D eigenvalue weighted by Gasteiger charge is -2.15. The molecule has 8 heteroatoms. The number of fused-ring (bicyclic) bond motifs is 2. The highest BCUT2D eigenvalue weighted by Crippen LogP contribution is 2.26. The summed E-state index contributed by atoms with van der Waals surface area (Å²) in [4.78, 5) is 20.4. The third kappa shape index (κ3) is 3.24. The highest BCUT2D eigenvalue weighted by atomic mass is 32.2. The summed E-state index contributed by atoms with van der Waals surface area (Å²) in [6.07, 6.45) is 3.07. The van der Waals surface area contributed by atoms with Gasteiger partial charge in [-0.2, -0.15) is 4.31 Å². The first kappa shape index (κ1) is 18.8. The molecular formula is C22H19N3O4S. The Labute approximate surface area is 173 Å². The molecule has 0 unspecified atom stereocenters. The second-order valence-corrected chi connectivity index (χ2v) is 9.19. The molecule has 1 aliphatic heterocycles. The van der Waals surface area contributed by atoms with Crippen molar-refractivity contribution in [2.45, 2.75) is 17.7 Å². The predicted octanol–water partition coefficient (Wildman–Crippen LogP) is 3.65. The number of aromatic nitrogens is 2. The van der Waals surface area contributed by atoms with Crippen LogP contribution in [0.15, 0.2) is 70.5 Å². The molecule has 5 rings (SSSR count). The van der Waals surface area contributed by atoms with E-state index in [0.717, 1.165) is 18.4 Å². The summed E-state index contributed by atoms with van der Waals surface area (Å²) in [6.45, 7) is 1.09.